The van der Waals surface area contributed by atoms with Crippen molar-refractivity contribution >= 4 is 17.7 Å². The summed E-state index contributed by atoms with van der Waals surface area (Å²) in [6.07, 6.45) is 5.03. The zero-order valence-electron chi connectivity index (χ0n) is 15.0. The molecule has 0 unspecified atom stereocenters. The van der Waals surface area contributed by atoms with Gasteiger partial charge in [0.1, 0.15) is 6.61 Å². The van der Waals surface area contributed by atoms with Crippen molar-refractivity contribution in [2.75, 3.05) is 0 Å². The molecule has 27 heavy (non-hydrogen) atoms. The summed E-state index contributed by atoms with van der Waals surface area (Å²) >= 11 is 0. The number of ketones is 2. The maximum absolute atomic E-state index is 12.7. The van der Waals surface area contributed by atoms with E-state index in [9.17, 15) is 14.4 Å². The molecule has 4 rings (SSSR count). The van der Waals surface area contributed by atoms with Crippen LogP contribution in [-0.4, -0.2) is 23.7 Å². The van der Waals surface area contributed by atoms with Crippen molar-refractivity contribution in [3.8, 4) is 0 Å². The normalized spacial score (nSPS) is 16.4. The Hall–Kier alpha value is -2.95. The lowest BCUT2D eigenvalue weighted by Gasteiger charge is -2.22. The number of amides is 1. The Morgan fingerprint density at radius 2 is 1.52 bits per heavy atom. The molecule has 0 heterocycles. The van der Waals surface area contributed by atoms with Crippen LogP contribution in [0.25, 0.3) is 0 Å². The molecule has 1 N–H and O–H groups in total. The van der Waals surface area contributed by atoms with Crippen molar-refractivity contribution in [3.63, 3.8) is 0 Å². The summed E-state index contributed by atoms with van der Waals surface area (Å²) < 4.78 is 5.31. The molecular formula is C22H21NO4. The highest BCUT2D eigenvalue weighted by molar-refractivity contribution is 6.28. The Labute approximate surface area is 157 Å². The van der Waals surface area contributed by atoms with E-state index in [1.807, 2.05) is 0 Å². The highest BCUT2D eigenvalue weighted by Gasteiger charge is 2.29. The van der Waals surface area contributed by atoms with Gasteiger partial charge < -0.3 is 10.1 Å². The van der Waals surface area contributed by atoms with Gasteiger partial charge in [-0.3, -0.25) is 9.59 Å². The summed E-state index contributed by atoms with van der Waals surface area (Å²) in [6, 6.07) is 12.0. The van der Waals surface area contributed by atoms with E-state index in [0.29, 0.717) is 27.8 Å². The molecule has 1 amide bonds. The highest BCUT2D eigenvalue weighted by Crippen LogP contribution is 2.28. The monoisotopic (exact) mass is 363 g/mol. The first kappa shape index (κ1) is 17.5. The van der Waals surface area contributed by atoms with Gasteiger partial charge in [0.15, 0.2) is 11.6 Å². The summed E-state index contributed by atoms with van der Waals surface area (Å²) in [5.74, 6) is -0.323. The number of nitrogens with one attached hydrogen (secondary N) is 1. The molecule has 0 aromatic heterocycles. The minimum absolute atomic E-state index is 0.0644. The Morgan fingerprint density at radius 1 is 0.889 bits per heavy atom. The van der Waals surface area contributed by atoms with Gasteiger partial charge in [-0.25, -0.2) is 4.79 Å². The molecule has 2 aliphatic carbocycles. The van der Waals surface area contributed by atoms with Crippen LogP contribution in [0, 0.1) is 0 Å². The third-order valence-corrected chi connectivity index (χ3v) is 5.29. The topological polar surface area (TPSA) is 72.5 Å². The van der Waals surface area contributed by atoms with E-state index in [1.54, 1.807) is 42.5 Å². The number of carbonyl (C=O) groups is 3. The summed E-state index contributed by atoms with van der Waals surface area (Å²) in [6.45, 7) is 0.0644. The van der Waals surface area contributed by atoms with Crippen LogP contribution >= 0.6 is 0 Å². The molecule has 1 saturated carbocycles. The maximum Gasteiger partial charge on any atom is 0.407 e. The summed E-state index contributed by atoms with van der Waals surface area (Å²) in [5, 5.41) is 2.90. The van der Waals surface area contributed by atoms with Crippen LogP contribution in [0.4, 0.5) is 4.79 Å². The quantitative estimate of drug-likeness (QED) is 0.763. The van der Waals surface area contributed by atoms with Crippen LogP contribution < -0.4 is 5.32 Å². The molecule has 138 valence electrons. The molecule has 0 aliphatic heterocycles. The van der Waals surface area contributed by atoms with Crippen molar-refractivity contribution in [1.82, 2.24) is 5.32 Å². The third-order valence-electron chi connectivity index (χ3n) is 5.29. The van der Waals surface area contributed by atoms with Gasteiger partial charge in [-0.2, -0.15) is 0 Å². The maximum atomic E-state index is 12.7. The SMILES string of the molecule is O=C(NC1CCCCC1)OCc1ccc2c(c1)C(=O)c1ccccc1C2=O. The van der Waals surface area contributed by atoms with E-state index in [4.69, 9.17) is 4.74 Å². The fourth-order valence-corrected chi connectivity index (χ4v) is 3.84. The molecule has 5 nitrogen and oxygen atoms in total. The first-order valence-electron chi connectivity index (χ1n) is 9.38. The van der Waals surface area contributed by atoms with E-state index < -0.39 is 6.09 Å². The first-order chi connectivity index (χ1) is 13.1. The molecule has 2 aromatic rings. The second-order valence-electron chi connectivity index (χ2n) is 7.14. The van der Waals surface area contributed by atoms with Gasteiger partial charge in [0.05, 0.1) is 0 Å². The van der Waals surface area contributed by atoms with Gasteiger partial charge in [-0.05, 0) is 30.5 Å². The fourth-order valence-electron chi connectivity index (χ4n) is 3.84. The zero-order chi connectivity index (χ0) is 18.8. The lowest BCUT2D eigenvalue weighted by Crippen LogP contribution is -2.36. The van der Waals surface area contributed by atoms with E-state index >= 15 is 0 Å². The van der Waals surface area contributed by atoms with Crippen LogP contribution in [0.3, 0.4) is 0 Å². The van der Waals surface area contributed by atoms with Crippen LogP contribution in [0.1, 0.15) is 69.5 Å². The lowest BCUT2D eigenvalue weighted by molar-refractivity contribution is 0.0978. The van der Waals surface area contributed by atoms with E-state index in [0.717, 1.165) is 25.7 Å². The summed E-state index contributed by atoms with van der Waals surface area (Å²) in [7, 11) is 0. The molecule has 0 radical (unpaired) electrons. The number of ether oxygens (including phenoxy) is 1. The standard InChI is InChI=1S/C22H21NO4/c24-20-16-8-4-5-9-17(16)21(25)19-12-14(10-11-18(19)20)13-27-22(26)23-15-6-2-1-3-7-15/h4-5,8-12,15H,1-3,6-7,13H2,(H,23,26). The molecule has 0 atom stereocenters. The third kappa shape index (κ3) is 3.50. The van der Waals surface area contributed by atoms with Crippen molar-refractivity contribution < 1.29 is 19.1 Å². The molecule has 0 bridgehead atoms. The second kappa shape index (κ2) is 7.35. The first-order valence-corrected chi connectivity index (χ1v) is 9.38. The highest BCUT2D eigenvalue weighted by atomic mass is 16.5. The molecule has 1 fully saturated rings. The minimum Gasteiger partial charge on any atom is -0.445 e. The number of alkyl carbamates (subject to hydrolysis) is 1. The van der Waals surface area contributed by atoms with E-state index in [2.05, 4.69) is 5.32 Å². The van der Waals surface area contributed by atoms with Crippen molar-refractivity contribution in [2.45, 2.75) is 44.8 Å². The van der Waals surface area contributed by atoms with E-state index in [-0.39, 0.29) is 24.2 Å². The molecule has 2 aromatic carbocycles. The predicted octanol–water partition coefficient (Wildman–Crippen LogP) is 4.02. The number of hydrogen-bond donors (Lipinski definition) is 1. The largest absolute Gasteiger partial charge is 0.445 e. The van der Waals surface area contributed by atoms with Crippen LogP contribution in [0.5, 0.6) is 0 Å². The number of carbonyl (C=O) groups excluding carboxylic acids is 3. The molecule has 2 aliphatic rings. The lowest BCUT2D eigenvalue weighted by atomic mass is 9.83. The van der Waals surface area contributed by atoms with Gasteiger partial charge in [0.25, 0.3) is 0 Å². The Bertz CT molecular complexity index is 912. The fraction of sp³-hybridized carbons (Fsp3) is 0.318. The molecular weight excluding hydrogens is 342 g/mol. The van der Waals surface area contributed by atoms with Gasteiger partial charge >= 0.3 is 6.09 Å². The van der Waals surface area contributed by atoms with Crippen molar-refractivity contribution in [3.05, 3.63) is 70.3 Å². The zero-order valence-corrected chi connectivity index (χ0v) is 15.0. The minimum atomic E-state index is -0.438. The Balaban J connectivity index is 1.46. The molecule has 0 saturated heterocycles. The van der Waals surface area contributed by atoms with Gasteiger partial charge in [-0.1, -0.05) is 49.6 Å². The predicted molar refractivity (Wildman–Crippen MR) is 99.9 cm³/mol. The average Bonchev–Trinajstić information content (AvgIpc) is 2.71. The molecule has 5 heteroatoms. The number of fused-ring (bicyclic) bond motifs is 2. The van der Waals surface area contributed by atoms with Gasteiger partial charge in [0, 0.05) is 28.3 Å². The van der Waals surface area contributed by atoms with Gasteiger partial charge in [0.2, 0.25) is 0 Å². The Kier molecular flexibility index (Phi) is 4.75. The van der Waals surface area contributed by atoms with Crippen molar-refractivity contribution in [1.29, 1.82) is 0 Å². The number of hydrogen-bond acceptors (Lipinski definition) is 4. The smallest absolute Gasteiger partial charge is 0.407 e. The van der Waals surface area contributed by atoms with Gasteiger partial charge in [-0.15, -0.1) is 0 Å². The second-order valence-corrected chi connectivity index (χ2v) is 7.14. The van der Waals surface area contributed by atoms with Crippen LogP contribution in [0.15, 0.2) is 42.5 Å². The number of rotatable bonds is 3. The van der Waals surface area contributed by atoms with Crippen LogP contribution in [0.2, 0.25) is 0 Å². The van der Waals surface area contributed by atoms with E-state index in [1.165, 1.54) is 6.42 Å². The molecule has 0 spiro atoms. The Morgan fingerprint density at radius 3 is 2.22 bits per heavy atom. The average molecular weight is 363 g/mol. The van der Waals surface area contributed by atoms with Crippen molar-refractivity contribution in [2.24, 2.45) is 0 Å². The summed E-state index contributed by atoms with van der Waals surface area (Å²) in [5.41, 5.74) is 2.31. The summed E-state index contributed by atoms with van der Waals surface area (Å²) in [4.78, 5) is 37.3. The number of benzene rings is 2. The van der Waals surface area contributed by atoms with Crippen LogP contribution in [-0.2, 0) is 11.3 Å².